The van der Waals surface area contributed by atoms with Gasteiger partial charge in [0.15, 0.2) is 0 Å². The average molecular weight is 383 g/mol. The Balaban J connectivity index is 0. The monoisotopic (exact) mass is 382 g/mol. The predicted octanol–water partition coefficient (Wildman–Crippen LogP) is 6.98. The van der Waals surface area contributed by atoms with Crippen LogP contribution in [0, 0.1) is 0 Å². The molecule has 0 heterocycles. The van der Waals surface area contributed by atoms with Crippen LogP contribution in [-0.4, -0.2) is 48.8 Å². The van der Waals surface area contributed by atoms with Gasteiger partial charge in [-0.2, -0.15) is 0 Å². The van der Waals surface area contributed by atoms with Crippen molar-refractivity contribution in [2.24, 2.45) is 0 Å². The van der Waals surface area contributed by atoms with Crippen LogP contribution in [-0.2, 0) is 4.79 Å². The van der Waals surface area contributed by atoms with Crippen molar-refractivity contribution in [2.45, 2.75) is 135 Å². The molecule has 0 aromatic heterocycles. The molecule has 0 aromatic rings. The van der Waals surface area contributed by atoms with Crippen LogP contribution in [0.4, 0.5) is 0 Å². The van der Waals surface area contributed by atoms with Crippen LogP contribution in [0.3, 0.4) is 0 Å². The van der Waals surface area contributed by atoms with Crippen LogP contribution < -0.4 is 0 Å². The minimum atomic E-state index is -0.651. The van der Waals surface area contributed by atoms with Crippen molar-refractivity contribution < 1.29 is 9.90 Å². The van der Waals surface area contributed by atoms with Crippen LogP contribution in [0.5, 0.6) is 0 Å². The van der Waals surface area contributed by atoms with E-state index in [9.17, 15) is 4.79 Å². The topological polar surface area (TPSA) is 37.3 Å². The molecule has 0 radical (unpaired) electrons. The van der Waals surface area contributed by atoms with Gasteiger partial charge in [-0.1, -0.05) is 122 Å². The van der Waals surface area contributed by atoms with Crippen LogP contribution in [0.15, 0.2) is 0 Å². The Bertz CT molecular complexity index is 256. The molecule has 148 valence electrons. The van der Waals surface area contributed by atoms with Gasteiger partial charge in [0.25, 0.3) is 0 Å². The van der Waals surface area contributed by atoms with E-state index in [4.69, 9.17) is 5.11 Å². The Labute approximate surface area is 187 Å². The normalized spacial score (nSPS) is 10.6. The molecule has 0 amide bonds. The van der Waals surface area contributed by atoms with E-state index >= 15 is 0 Å². The summed E-state index contributed by atoms with van der Waals surface area (Å²) in [6.07, 6.45) is 26.1. The Morgan fingerprint density at radius 2 is 0.760 bits per heavy atom. The summed E-state index contributed by atoms with van der Waals surface area (Å²) in [5.41, 5.74) is 0. The second-order valence-electron chi connectivity index (χ2n) is 7.51. The quantitative estimate of drug-likeness (QED) is 0.182. The van der Waals surface area contributed by atoms with Gasteiger partial charge < -0.3 is 5.11 Å². The molecule has 0 saturated carbocycles. The van der Waals surface area contributed by atoms with Gasteiger partial charge in [-0.05, 0) is 6.42 Å². The van der Waals surface area contributed by atoms with Crippen molar-refractivity contribution in [2.75, 3.05) is 0 Å². The van der Waals surface area contributed by atoms with Crippen LogP contribution in [0.2, 0.25) is 0 Å². The molecule has 0 bridgehead atoms. The predicted molar refractivity (Wildman–Crippen MR) is 114 cm³/mol. The van der Waals surface area contributed by atoms with Crippen molar-refractivity contribution >= 4 is 43.7 Å². The molecule has 3 heteroatoms. The number of carboxylic acids is 1. The maximum atomic E-state index is 10.4. The van der Waals surface area contributed by atoms with E-state index in [1.807, 2.05) is 0 Å². The molecule has 25 heavy (non-hydrogen) atoms. The second kappa shape index (κ2) is 24.7. The van der Waals surface area contributed by atoms with E-state index in [0.717, 1.165) is 12.8 Å². The molecule has 0 fully saturated rings. The number of hydrogen-bond acceptors (Lipinski definition) is 1. The average Bonchev–Trinajstić information content (AvgIpc) is 2.56. The van der Waals surface area contributed by atoms with Gasteiger partial charge >= 0.3 is 43.7 Å². The number of aliphatic carboxylic acids is 1. The zero-order valence-electron chi connectivity index (χ0n) is 16.5. The van der Waals surface area contributed by atoms with Crippen molar-refractivity contribution in [3.05, 3.63) is 0 Å². The maximum absolute atomic E-state index is 10.4. The summed E-state index contributed by atoms with van der Waals surface area (Å²) in [4.78, 5) is 10.4. The third-order valence-corrected chi connectivity index (χ3v) is 4.99. The van der Waals surface area contributed by atoms with E-state index in [0.29, 0.717) is 6.42 Å². The second-order valence-corrected chi connectivity index (χ2v) is 7.51. The summed E-state index contributed by atoms with van der Waals surface area (Å²) in [7, 11) is 0. The van der Waals surface area contributed by atoms with Gasteiger partial charge in [0.1, 0.15) is 0 Å². The molecule has 1 N–H and O–H groups in total. The molecule has 0 rings (SSSR count). The fourth-order valence-electron chi connectivity index (χ4n) is 3.35. The molecule has 0 aromatic carbocycles. The fourth-order valence-corrected chi connectivity index (χ4v) is 3.35. The molecule has 0 aliphatic rings. The summed E-state index contributed by atoms with van der Waals surface area (Å²) in [5.74, 6) is -0.651. The van der Waals surface area contributed by atoms with E-state index in [1.54, 1.807) is 0 Å². The number of rotatable bonds is 20. The van der Waals surface area contributed by atoms with Gasteiger partial charge in [0, 0.05) is 6.42 Å². The first kappa shape index (κ1) is 27.9. The van der Waals surface area contributed by atoms with E-state index in [2.05, 4.69) is 6.92 Å². The molecule has 0 aliphatic carbocycles. The third-order valence-electron chi connectivity index (χ3n) is 4.99. The van der Waals surface area contributed by atoms with Crippen molar-refractivity contribution in [1.29, 1.82) is 0 Å². The summed E-state index contributed by atoms with van der Waals surface area (Å²) in [6.45, 7) is 2.28. The van der Waals surface area contributed by atoms with E-state index in [1.165, 1.54) is 109 Å². The first-order valence-corrected chi connectivity index (χ1v) is 11.0. The van der Waals surface area contributed by atoms with Gasteiger partial charge in [-0.3, -0.25) is 4.79 Å². The summed E-state index contributed by atoms with van der Waals surface area (Å²) in [5, 5.41) is 8.56. The molecular formula is C22H46CaO2. The molecule has 0 unspecified atom stereocenters. The van der Waals surface area contributed by atoms with Gasteiger partial charge in [-0.25, -0.2) is 0 Å². The van der Waals surface area contributed by atoms with Crippen LogP contribution in [0.25, 0.3) is 0 Å². The van der Waals surface area contributed by atoms with Gasteiger partial charge in [0.2, 0.25) is 0 Å². The molecule has 2 nitrogen and oxygen atoms in total. The summed E-state index contributed by atoms with van der Waals surface area (Å²) < 4.78 is 0. The number of unbranched alkanes of at least 4 members (excludes halogenated alkanes) is 18. The number of carboxylic acid groups (broad SMARTS) is 1. The Kier molecular flexibility index (Phi) is 27.6. The van der Waals surface area contributed by atoms with Gasteiger partial charge in [0.05, 0.1) is 0 Å². The zero-order valence-corrected chi connectivity index (χ0v) is 16.5. The van der Waals surface area contributed by atoms with Gasteiger partial charge in [-0.15, -0.1) is 0 Å². The molecule has 0 spiro atoms. The number of carbonyl (C=O) groups is 1. The summed E-state index contributed by atoms with van der Waals surface area (Å²) >= 11 is 0. The molecule has 0 saturated heterocycles. The number of hydrogen-bond donors (Lipinski definition) is 1. The Morgan fingerprint density at radius 1 is 0.520 bits per heavy atom. The Morgan fingerprint density at radius 3 is 1.00 bits per heavy atom. The standard InChI is InChI=1S/C22H44O2.Ca.2H/c1-2-3-4-5-6-7-8-9-10-11-12-13-14-15-16-17-18-19-20-21-22(23)24;;;/h2-21H2,1H3,(H,23,24);;;. The first-order chi connectivity index (χ1) is 11.8. The molecule has 0 aliphatic heterocycles. The van der Waals surface area contributed by atoms with E-state index < -0.39 is 5.97 Å². The van der Waals surface area contributed by atoms with Crippen LogP contribution in [0.1, 0.15) is 135 Å². The first-order valence-electron chi connectivity index (χ1n) is 11.0. The van der Waals surface area contributed by atoms with Crippen LogP contribution >= 0.6 is 0 Å². The van der Waals surface area contributed by atoms with E-state index in [-0.39, 0.29) is 37.7 Å². The van der Waals surface area contributed by atoms with Crippen molar-refractivity contribution in [3.8, 4) is 0 Å². The molecule has 0 atom stereocenters. The molecular weight excluding hydrogens is 336 g/mol. The minimum absolute atomic E-state index is 0. The summed E-state index contributed by atoms with van der Waals surface area (Å²) in [6, 6.07) is 0. The Hall–Kier alpha value is 0.730. The fraction of sp³-hybridized carbons (Fsp3) is 0.955. The van der Waals surface area contributed by atoms with Crippen molar-refractivity contribution in [3.63, 3.8) is 0 Å². The zero-order chi connectivity index (χ0) is 17.7. The third kappa shape index (κ3) is 27.1. The van der Waals surface area contributed by atoms with Crippen molar-refractivity contribution in [1.82, 2.24) is 0 Å². The SMILES string of the molecule is CCCCCCCCCCCCCCCCCCCCCC(=O)O.[CaH2].